The van der Waals surface area contributed by atoms with Gasteiger partial charge < -0.3 is 15.4 Å². The molecular formula is C13H22N2O. The highest BCUT2D eigenvalue weighted by molar-refractivity contribution is 5.66. The third kappa shape index (κ3) is 4.11. The summed E-state index contributed by atoms with van der Waals surface area (Å²) < 4.78 is 5.68. The second-order valence-electron chi connectivity index (χ2n) is 4.94. The van der Waals surface area contributed by atoms with E-state index in [-0.39, 0.29) is 5.60 Å². The summed E-state index contributed by atoms with van der Waals surface area (Å²) in [6, 6.07) is 7.87. The molecule has 0 aliphatic rings. The van der Waals surface area contributed by atoms with Crippen molar-refractivity contribution in [3.8, 4) is 0 Å². The fourth-order valence-electron chi connectivity index (χ4n) is 1.44. The van der Waals surface area contributed by atoms with E-state index in [0.717, 1.165) is 17.9 Å². The SMILES string of the molecule is CN(CCOC(C)(C)C)c1ccccc1N. The van der Waals surface area contributed by atoms with Crippen LogP contribution >= 0.6 is 0 Å². The standard InChI is InChI=1S/C13H22N2O/c1-13(2,3)16-10-9-15(4)12-8-6-5-7-11(12)14/h5-8H,9-10,14H2,1-4H3. The Morgan fingerprint density at radius 2 is 1.88 bits per heavy atom. The molecule has 0 aromatic heterocycles. The number of para-hydroxylation sites is 2. The van der Waals surface area contributed by atoms with Gasteiger partial charge in [0.1, 0.15) is 0 Å². The molecule has 0 saturated carbocycles. The Morgan fingerprint density at radius 1 is 1.25 bits per heavy atom. The van der Waals surface area contributed by atoms with Crippen LogP contribution in [0.1, 0.15) is 20.8 Å². The number of nitrogens with two attached hydrogens (primary N) is 1. The van der Waals surface area contributed by atoms with Crippen LogP contribution in [-0.2, 0) is 4.74 Å². The Bertz CT molecular complexity index is 331. The number of nitrogen functional groups attached to an aromatic ring is 1. The Morgan fingerprint density at radius 3 is 2.44 bits per heavy atom. The molecule has 90 valence electrons. The first-order chi connectivity index (χ1) is 7.40. The molecule has 0 heterocycles. The minimum atomic E-state index is -0.0803. The van der Waals surface area contributed by atoms with Crippen molar-refractivity contribution in [1.29, 1.82) is 0 Å². The van der Waals surface area contributed by atoms with Crippen molar-refractivity contribution < 1.29 is 4.74 Å². The molecule has 1 rings (SSSR count). The van der Waals surface area contributed by atoms with E-state index in [4.69, 9.17) is 10.5 Å². The first-order valence-electron chi connectivity index (χ1n) is 5.60. The van der Waals surface area contributed by atoms with Crippen molar-refractivity contribution in [3.63, 3.8) is 0 Å². The summed E-state index contributed by atoms with van der Waals surface area (Å²) in [5, 5.41) is 0. The highest BCUT2D eigenvalue weighted by Gasteiger charge is 2.10. The van der Waals surface area contributed by atoms with E-state index in [9.17, 15) is 0 Å². The highest BCUT2D eigenvalue weighted by atomic mass is 16.5. The molecule has 0 radical (unpaired) electrons. The van der Waals surface area contributed by atoms with Gasteiger partial charge in [0.15, 0.2) is 0 Å². The molecule has 0 atom stereocenters. The molecular weight excluding hydrogens is 200 g/mol. The van der Waals surface area contributed by atoms with Gasteiger partial charge in [-0.15, -0.1) is 0 Å². The van der Waals surface area contributed by atoms with Crippen LogP contribution in [0.25, 0.3) is 0 Å². The molecule has 0 aliphatic carbocycles. The maximum atomic E-state index is 5.90. The monoisotopic (exact) mass is 222 g/mol. The number of hydrogen-bond donors (Lipinski definition) is 1. The van der Waals surface area contributed by atoms with Crippen molar-refractivity contribution in [3.05, 3.63) is 24.3 Å². The molecule has 16 heavy (non-hydrogen) atoms. The molecule has 2 N–H and O–H groups in total. The van der Waals surface area contributed by atoms with Gasteiger partial charge in [-0.2, -0.15) is 0 Å². The van der Waals surface area contributed by atoms with Gasteiger partial charge in [0.2, 0.25) is 0 Å². The summed E-state index contributed by atoms with van der Waals surface area (Å²) in [5.74, 6) is 0. The number of benzene rings is 1. The van der Waals surface area contributed by atoms with E-state index in [0.29, 0.717) is 6.61 Å². The predicted molar refractivity (Wildman–Crippen MR) is 69.8 cm³/mol. The van der Waals surface area contributed by atoms with Crippen LogP contribution in [0, 0.1) is 0 Å². The van der Waals surface area contributed by atoms with Crippen LogP contribution in [-0.4, -0.2) is 25.8 Å². The van der Waals surface area contributed by atoms with Gasteiger partial charge in [0, 0.05) is 13.6 Å². The highest BCUT2D eigenvalue weighted by Crippen LogP contribution is 2.20. The van der Waals surface area contributed by atoms with E-state index in [1.807, 2.05) is 31.3 Å². The van der Waals surface area contributed by atoms with E-state index in [2.05, 4.69) is 25.7 Å². The van der Waals surface area contributed by atoms with Gasteiger partial charge in [-0.05, 0) is 32.9 Å². The van der Waals surface area contributed by atoms with Crippen LogP contribution in [0.15, 0.2) is 24.3 Å². The normalized spacial score (nSPS) is 11.5. The van der Waals surface area contributed by atoms with E-state index >= 15 is 0 Å². The first-order valence-corrected chi connectivity index (χ1v) is 5.60. The number of rotatable bonds is 4. The Kier molecular flexibility index (Phi) is 4.19. The zero-order chi connectivity index (χ0) is 12.2. The molecule has 3 heteroatoms. The van der Waals surface area contributed by atoms with Crippen molar-refractivity contribution >= 4 is 11.4 Å². The molecule has 0 unspecified atom stereocenters. The quantitative estimate of drug-likeness (QED) is 0.796. The molecule has 3 nitrogen and oxygen atoms in total. The smallest absolute Gasteiger partial charge is 0.0648 e. The number of likely N-dealkylation sites (N-methyl/N-ethyl adjacent to an activating group) is 1. The van der Waals surface area contributed by atoms with E-state index in [1.54, 1.807) is 0 Å². The molecule has 0 saturated heterocycles. The summed E-state index contributed by atoms with van der Waals surface area (Å²) in [6.07, 6.45) is 0. The Hall–Kier alpha value is -1.22. The minimum absolute atomic E-state index is 0.0803. The summed E-state index contributed by atoms with van der Waals surface area (Å²) in [4.78, 5) is 2.11. The van der Waals surface area contributed by atoms with Crippen molar-refractivity contribution in [2.45, 2.75) is 26.4 Å². The van der Waals surface area contributed by atoms with Crippen molar-refractivity contribution in [2.24, 2.45) is 0 Å². The average Bonchev–Trinajstić information content (AvgIpc) is 2.16. The first kappa shape index (κ1) is 12.8. The average molecular weight is 222 g/mol. The van der Waals surface area contributed by atoms with Crippen LogP contribution in [0.3, 0.4) is 0 Å². The lowest BCUT2D eigenvalue weighted by atomic mass is 10.2. The fourth-order valence-corrected chi connectivity index (χ4v) is 1.44. The van der Waals surface area contributed by atoms with Crippen LogP contribution in [0.4, 0.5) is 11.4 Å². The number of nitrogens with zero attached hydrogens (tertiary/aromatic N) is 1. The summed E-state index contributed by atoms with van der Waals surface area (Å²) in [5.41, 5.74) is 7.68. The maximum Gasteiger partial charge on any atom is 0.0648 e. The minimum Gasteiger partial charge on any atom is -0.397 e. The second kappa shape index (κ2) is 5.21. The lowest BCUT2D eigenvalue weighted by molar-refractivity contribution is 0.00169. The summed E-state index contributed by atoms with van der Waals surface area (Å²) >= 11 is 0. The van der Waals surface area contributed by atoms with Gasteiger partial charge in [-0.25, -0.2) is 0 Å². The predicted octanol–water partition coefficient (Wildman–Crippen LogP) is 2.52. The van der Waals surface area contributed by atoms with Gasteiger partial charge in [0.05, 0.1) is 23.6 Å². The van der Waals surface area contributed by atoms with E-state index in [1.165, 1.54) is 0 Å². The fraction of sp³-hybridized carbons (Fsp3) is 0.538. The molecule has 0 bridgehead atoms. The number of ether oxygens (including phenoxy) is 1. The molecule has 0 fully saturated rings. The summed E-state index contributed by atoms with van der Waals surface area (Å²) in [7, 11) is 2.03. The van der Waals surface area contributed by atoms with Crippen LogP contribution < -0.4 is 10.6 Å². The lowest BCUT2D eigenvalue weighted by Gasteiger charge is -2.24. The second-order valence-corrected chi connectivity index (χ2v) is 4.94. The largest absolute Gasteiger partial charge is 0.397 e. The van der Waals surface area contributed by atoms with Gasteiger partial charge in [-0.1, -0.05) is 12.1 Å². The topological polar surface area (TPSA) is 38.5 Å². The third-order valence-corrected chi connectivity index (χ3v) is 2.31. The maximum absolute atomic E-state index is 5.90. The van der Waals surface area contributed by atoms with Crippen molar-refractivity contribution in [2.75, 3.05) is 30.8 Å². The molecule has 0 aliphatic heterocycles. The lowest BCUT2D eigenvalue weighted by Crippen LogP contribution is -2.28. The van der Waals surface area contributed by atoms with E-state index < -0.39 is 0 Å². The molecule has 0 spiro atoms. The Labute approximate surface area is 98.2 Å². The van der Waals surface area contributed by atoms with Crippen LogP contribution in [0.2, 0.25) is 0 Å². The van der Waals surface area contributed by atoms with Crippen LogP contribution in [0.5, 0.6) is 0 Å². The molecule has 0 amide bonds. The van der Waals surface area contributed by atoms with Gasteiger partial charge >= 0.3 is 0 Å². The zero-order valence-corrected chi connectivity index (χ0v) is 10.7. The molecule has 1 aromatic rings. The Balaban J connectivity index is 2.47. The van der Waals surface area contributed by atoms with Gasteiger partial charge in [0.25, 0.3) is 0 Å². The van der Waals surface area contributed by atoms with Crippen molar-refractivity contribution in [1.82, 2.24) is 0 Å². The summed E-state index contributed by atoms with van der Waals surface area (Å²) in [6.45, 7) is 7.72. The number of anilines is 2. The number of hydrogen-bond acceptors (Lipinski definition) is 3. The van der Waals surface area contributed by atoms with Gasteiger partial charge in [-0.3, -0.25) is 0 Å². The third-order valence-electron chi connectivity index (χ3n) is 2.31. The molecule has 1 aromatic carbocycles. The zero-order valence-electron chi connectivity index (χ0n) is 10.7.